The fourth-order valence-corrected chi connectivity index (χ4v) is 3.92. The number of likely N-dealkylation sites (tertiary alicyclic amines) is 1. The maximum atomic E-state index is 11.2. The highest BCUT2D eigenvalue weighted by Crippen LogP contribution is 2.45. The molecule has 1 saturated carbocycles. The van der Waals surface area contributed by atoms with Gasteiger partial charge in [-0.25, -0.2) is 4.79 Å². The fraction of sp³-hybridized carbons (Fsp3) is 0.467. The molecule has 7 nitrogen and oxygen atoms in total. The van der Waals surface area contributed by atoms with E-state index in [1.165, 1.54) is 0 Å². The Morgan fingerprint density at radius 2 is 2.27 bits per heavy atom. The highest BCUT2D eigenvalue weighted by molar-refractivity contribution is 5.84. The number of nitrogens with two attached hydrogens (primary N) is 1. The predicted octanol–water partition coefficient (Wildman–Crippen LogP) is 1.94. The van der Waals surface area contributed by atoms with Crippen molar-refractivity contribution in [2.45, 2.75) is 24.9 Å². The monoisotopic (exact) mass is 302 g/mol. The van der Waals surface area contributed by atoms with Gasteiger partial charge in [-0.3, -0.25) is 4.68 Å². The van der Waals surface area contributed by atoms with Crippen LogP contribution in [0.4, 0.5) is 10.5 Å². The Bertz CT molecular complexity index is 757. The average molecular weight is 302 g/mol. The van der Waals surface area contributed by atoms with E-state index in [2.05, 4.69) is 5.10 Å². The molecule has 1 aromatic carbocycles. The van der Waals surface area contributed by atoms with Crippen LogP contribution >= 0.6 is 0 Å². The van der Waals surface area contributed by atoms with Crippen molar-refractivity contribution in [3.8, 4) is 5.75 Å². The molecule has 1 aromatic heterocycles. The van der Waals surface area contributed by atoms with E-state index in [9.17, 15) is 9.90 Å². The van der Waals surface area contributed by atoms with Gasteiger partial charge in [0.15, 0.2) is 0 Å². The van der Waals surface area contributed by atoms with Crippen LogP contribution in [0, 0.1) is 5.92 Å². The smallest absolute Gasteiger partial charge is 0.407 e. The summed E-state index contributed by atoms with van der Waals surface area (Å²) in [5.41, 5.74) is 7.39. The van der Waals surface area contributed by atoms with Gasteiger partial charge in [0.1, 0.15) is 5.75 Å². The van der Waals surface area contributed by atoms with E-state index in [-0.39, 0.29) is 12.1 Å². The number of hydrogen-bond acceptors (Lipinski definition) is 4. The number of anilines is 1. The second kappa shape index (κ2) is 4.53. The number of methoxy groups -OCH3 is 1. The zero-order valence-electron chi connectivity index (χ0n) is 12.3. The molecule has 0 unspecified atom stereocenters. The van der Waals surface area contributed by atoms with Crippen molar-refractivity contribution in [3.05, 3.63) is 18.3 Å². The van der Waals surface area contributed by atoms with Crippen LogP contribution < -0.4 is 10.5 Å². The Balaban J connectivity index is 1.65. The highest BCUT2D eigenvalue weighted by Gasteiger charge is 2.47. The molecule has 1 amide bonds. The Morgan fingerprint density at radius 3 is 2.91 bits per heavy atom. The molecule has 2 aliphatic rings. The topological polar surface area (TPSA) is 93.6 Å². The molecule has 3 N–H and O–H groups in total. The van der Waals surface area contributed by atoms with Crippen LogP contribution in [-0.2, 0) is 0 Å². The number of nitrogen functional groups attached to an aromatic ring is 1. The molecule has 2 heterocycles. The second-order valence-corrected chi connectivity index (χ2v) is 6.15. The molecule has 3 atom stereocenters. The van der Waals surface area contributed by atoms with E-state index in [1.54, 1.807) is 12.0 Å². The lowest BCUT2D eigenvalue weighted by Crippen LogP contribution is -2.39. The van der Waals surface area contributed by atoms with E-state index in [0.29, 0.717) is 23.9 Å². The average Bonchev–Trinajstić information content (AvgIpc) is 3.18. The number of rotatable bonds is 2. The molecule has 0 radical (unpaired) electrons. The zero-order chi connectivity index (χ0) is 15.4. The van der Waals surface area contributed by atoms with Crippen LogP contribution in [0.25, 0.3) is 10.9 Å². The number of benzene rings is 1. The number of carbonyl (C=O) groups is 1. The van der Waals surface area contributed by atoms with E-state index < -0.39 is 6.09 Å². The molecule has 116 valence electrons. The van der Waals surface area contributed by atoms with Crippen molar-refractivity contribution in [1.82, 2.24) is 14.7 Å². The molecular weight excluding hydrogens is 284 g/mol. The van der Waals surface area contributed by atoms with Crippen molar-refractivity contribution >= 4 is 22.7 Å². The zero-order valence-corrected chi connectivity index (χ0v) is 12.3. The van der Waals surface area contributed by atoms with E-state index in [4.69, 9.17) is 10.5 Å². The number of hydrogen-bond donors (Lipinski definition) is 2. The maximum Gasteiger partial charge on any atom is 0.407 e. The van der Waals surface area contributed by atoms with Crippen molar-refractivity contribution in [3.63, 3.8) is 0 Å². The van der Waals surface area contributed by atoms with Gasteiger partial charge in [0.25, 0.3) is 0 Å². The molecule has 1 saturated heterocycles. The molecule has 7 heteroatoms. The summed E-state index contributed by atoms with van der Waals surface area (Å²) in [7, 11) is 1.59. The molecule has 2 fully saturated rings. The summed E-state index contributed by atoms with van der Waals surface area (Å²) >= 11 is 0. The number of fused-ring (bicyclic) bond motifs is 3. The van der Waals surface area contributed by atoms with Gasteiger partial charge in [0, 0.05) is 36.2 Å². The molecule has 2 aromatic rings. The minimum absolute atomic E-state index is 0.124. The van der Waals surface area contributed by atoms with Crippen molar-refractivity contribution in [1.29, 1.82) is 0 Å². The largest absolute Gasteiger partial charge is 0.495 e. The summed E-state index contributed by atoms with van der Waals surface area (Å²) in [5.74, 6) is 0.970. The number of aromatic nitrogens is 2. The minimum atomic E-state index is -0.811. The van der Waals surface area contributed by atoms with Crippen LogP contribution in [-0.4, -0.2) is 45.6 Å². The summed E-state index contributed by atoms with van der Waals surface area (Å²) in [6.07, 6.45) is 2.95. The summed E-state index contributed by atoms with van der Waals surface area (Å²) in [5, 5.41) is 14.8. The third-order valence-electron chi connectivity index (χ3n) is 4.96. The van der Waals surface area contributed by atoms with Gasteiger partial charge in [-0.15, -0.1) is 0 Å². The number of ether oxygens (including phenoxy) is 1. The maximum absolute atomic E-state index is 11.2. The molecule has 2 bridgehead atoms. The summed E-state index contributed by atoms with van der Waals surface area (Å²) in [6.45, 7) is 0.604. The third kappa shape index (κ3) is 1.81. The van der Waals surface area contributed by atoms with E-state index >= 15 is 0 Å². The van der Waals surface area contributed by atoms with Gasteiger partial charge in [0.2, 0.25) is 0 Å². The van der Waals surface area contributed by atoms with Gasteiger partial charge < -0.3 is 20.5 Å². The van der Waals surface area contributed by atoms with Gasteiger partial charge in [0.05, 0.1) is 24.4 Å². The predicted molar refractivity (Wildman–Crippen MR) is 81.0 cm³/mol. The Hall–Kier alpha value is -2.44. The fourth-order valence-electron chi connectivity index (χ4n) is 3.92. The SMILES string of the molecule is COc1cc2nn([C@@H]3C[C@@H]4C[C@H]3CN4C(=O)O)cc2cc1N. The molecule has 22 heavy (non-hydrogen) atoms. The number of carboxylic acid groups (broad SMARTS) is 1. The number of amides is 1. The molecule has 1 aliphatic carbocycles. The van der Waals surface area contributed by atoms with Gasteiger partial charge in [-0.2, -0.15) is 5.10 Å². The van der Waals surface area contributed by atoms with E-state index in [1.807, 2.05) is 23.0 Å². The molecule has 4 rings (SSSR count). The van der Waals surface area contributed by atoms with E-state index in [0.717, 1.165) is 23.7 Å². The first-order chi connectivity index (χ1) is 10.6. The normalized spacial score (nSPS) is 26.8. The first kappa shape index (κ1) is 13.2. The Morgan fingerprint density at radius 1 is 1.45 bits per heavy atom. The first-order valence-corrected chi connectivity index (χ1v) is 7.38. The lowest BCUT2D eigenvalue weighted by molar-refractivity contribution is 0.119. The summed E-state index contributed by atoms with van der Waals surface area (Å²) in [4.78, 5) is 12.7. The second-order valence-electron chi connectivity index (χ2n) is 6.15. The van der Waals surface area contributed by atoms with Crippen LogP contribution in [0.3, 0.4) is 0 Å². The molecule has 1 aliphatic heterocycles. The van der Waals surface area contributed by atoms with Crippen molar-refractivity contribution in [2.24, 2.45) is 5.92 Å². The Labute approximate surface area is 127 Å². The van der Waals surface area contributed by atoms with Crippen LogP contribution in [0.2, 0.25) is 0 Å². The first-order valence-electron chi connectivity index (χ1n) is 7.38. The van der Waals surface area contributed by atoms with Crippen LogP contribution in [0.15, 0.2) is 18.3 Å². The summed E-state index contributed by atoms with van der Waals surface area (Å²) in [6, 6.07) is 4.10. The lowest BCUT2D eigenvalue weighted by Gasteiger charge is -2.29. The van der Waals surface area contributed by atoms with Crippen LogP contribution in [0.1, 0.15) is 18.9 Å². The molecule has 0 spiro atoms. The van der Waals surface area contributed by atoms with Crippen LogP contribution in [0.5, 0.6) is 5.75 Å². The minimum Gasteiger partial charge on any atom is -0.495 e. The standard InChI is InChI=1S/C15H18N4O3/c1-22-14-5-12-8(3-11(14)16)7-19(17-12)13-4-10-2-9(13)6-18(10)15(20)21/h3,5,7,9-10,13H,2,4,6,16H2,1H3,(H,20,21)/t9-,10-,13+/m0/s1. The number of nitrogens with zero attached hydrogens (tertiary/aromatic N) is 3. The highest BCUT2D eigenvalue weighted by atomic mass is 16.5. The van der Waals surface area contributed by atoms with Gasteiger partial charge in [-0.1, -0.05) is 0 Å². The summed E-state index contributed by atoms with van der Waals surface area (Å²) < 4.78 is 7.21. The number of piperidine rings is 1. The molecular formula is C15H18N4O3. The Kier molecular flexibility index (Phi) is 2.72. The van der Waals surface area contributed by atoms with Gasteiger partial charge in [-0.05, 0) is 18.9 Å². The van der Waals surface area contributed by atoms with Crippen molar-refractivity contribution in [2.75, 3.05) is 19.4 Å². The lowest BCUT2D eigenvalue weighted by atomic mass is 10.0. The third-order valence-corrected chi connectivity index (χ3v) is 4.96. The van der Waals surface area contributed by atoms with Gasteiger partial charge >= 0.3 is 6.09 Å². The quantitative estimate of drug-likeness (QED) is 0.827. The van der Waals surface area contributed by atoms with Crippen molar-refractivity contribution < 1.29 is 14.6 Å².